The minimum Gasteiger partial charge on any atom is -0.462 e. The van der Waals surface area contributed by atoms with Gasteiger partial charge in [-0.15, -0.1) is 0 Å². The molecule has 0 aliphatic heterocycles. The summed E-state index contributed by atoms with van der Waals surface area (Å²) in [4.78, 5) is 38.1. The van der Waals surface area contributed by atoms with Crippen molar-refractivity contribution in [2.75, 3.05) is 13.2 Å². The summed E-state index contributed by atoms with van der Waals surface area (Å²) in [5.74, 6) is -1.03. The zero-order valence-electron chi connectivity index (χ0n) is 50.2. The molecule has 1 unspecified atom stereocenters. The maximum atomic E-state index is 12.8. The highest BCUT2D eigenvalue weighted by Crippen LogP contribution is 2.16. The molecule has 0 radical (unpaired) electrons. The van der Waals surface area contributed by atoms with E-state index in [0.717, 1.165) is 103 Å². The van der Waals surface area contributed by atoms with Gasteiger partial charge in [0.25, 0.3) is 0 Å². The van der Waals surface area contributed by atoms with Crippen LogP contribution in [-0.2, 0) is 28.6 Å². The third-order valence-electron chi connectivity index (χ3n) is 13.4. The highest BCUT2D eigenvalue weighted by molar-refractivity contribution is 5.71. The normalized spacial score (nSPS) is 12.9. The predicted molar refractivity (Wildman–Crippen MR) is 334 cm³/mol. The Morgan fingerprint density at radius 3 is 0.857 bits per heavy atom. The SMILES string of the molecule is CC/C=C\C/C=C\C/C=C\C/C=C\CCC(=O)OC(COC(=O)CCCCC/C=C\C/C=C\C/C=C\CC)COC(=O)CCCCCCCCCCCCCCCCCCCC/C=C\C/C=C\C/C=C\CCCCCCC. The van der Waals surface area contributed by atoms with Crippen molar-refractivity contribution in [3.63, 3.8) is 0 Å². The van der Waals surface area contributed by atoms with Crippen molar-refractivity contribution in [2.24, 2.45) is 0 Å². The van der Waals surface area contributed by atoms with Gasteiger partial charge in [-0.1, -0.05) is 277 Å². The maximum Gasteiger partial charge on any atom is 0.306 e. The van der Waals surface area contributed by atoms with Gasteiger partial charge in [0.2, 0.25) is 0 Å². The second kappa shape index (κ2) is 64.3. The van der Waals surface area contributed by atoms with Crippen LogP contribution in [0.25, 0.3) is 0 Å². The molecule has 0 heterocycles. The zero-order valence-corrected chi connectivity index (χ0v) is 50.2. The number of allylic oxidation sites excluding steroid dienone is 20. The lowest BCUT2D eigenvalue weighted by Gasteiger charge is -2.18. The maximum absolute atomic E-state index is 12.8. The number of hydrogen-bond acceptors (Lipinski definition) is 6. The first kappa shape index (κ1) is 72.8. The molecule has 0 aliphatic carbocycles. The van der Waals surface area contributed by atoms with Gasteiger partial charge in [-0.3, -0.25) is 14.4 Å². The zero-order chi connectivity index (χ0) is 55.7. The molecular formula is C71H118O6. The van der Waals surface area contributed by atoms with Gasteiger partial charge in [0.1, 0.15) is 13.2 Å². The molecule has 0 N–H and O–H groups in total. The number of rotatable bonds is 57. The van der Waals surface area contributed by atoms with Crippen LogP contribution in [0.5, 0.6) is 0 Å². The monoisotopic (exact) mass is 1070 g/mol. The average Bonchev–Trinajstić information content (AvgIpc) is 3.43. The molecule has 0 amide bonds. The second-order valence-corrected chi connectivity index (χ2v) is 20.9. The van der Waals surface area contributed by atoms with E-state index in [1.807, 2.05) is 12.2 Å². The van der Waals surface area contributed by atoms with E-state index in [-0.39, 0.29) is 31.6 Å². The Hall–Kier alpha value is -4.19. The van der Waals surface area contributed by atoms with E-state index in [4.69, 9.17) is 14.2 Å². The standard InChI is InChI=1S/C71H118O6/c1-4-7-10-13-16-19-22-25-26-27-28-29-30-31-32-33-34-35-36-37-38-39-40-41-42-43-44-47-49-52-55-58-61-64-70(73)76-67-68(77-71(74)65-62-59-56-53-50-46-24-21-18-15-12-9-6-3)66-75-69(72)63-60-57-54-51-48-45-23-20-17-14-11-8-5-2/h8-9,11-12,17-18,20-22,25,27-28,30-31,45-46,48,50,56,59,68H,4-7,10,13-16,19,23-24,26,29,32-44,47,49,51-55,57-58,60-67H2,1-3H3/b11-8-,12-9-,20-17-,21-18-,25-22-,28-27-,31-30-,48-45-,50-46-,59-56-. The number of carbonyl (C=O) groups is 3. The summed E-state index contributed by atoms with van der Waals surface area (Å²) >= 11 is 0. The molecule has 0 fully saturated rings. The molecule has 438 valence electrons. The second-order valence-electron chi connectivity index (χ2n) is 20.9. The summed E-state index contributed by atoms with van der Waals surface area (Å²) < 4.78 is 16.8. The van der Waals surface area contributed by atoms with Crippen LogP contribution >= 0.6 is 0 Å². The number of esters is 3. The minimum absolute atomic E-state index is 0.117. The summed E-state index contributed by atoms with van der Waals surface area (Å²) in [5, 5.41) is 0. The molecule has 0 rings (SSSR count). The molecule has 0 saturated carbocycles. The van der Waals surface area contributed by atoms with Gasteiger partial charge >= 0.3 is 17.9 Å². The lowest BCUT2D eigenvalue weighted by Crippen LogP contribution is -2.30. The van der Waals surface area contributed by atoms with Gasteiger partial charge in [-0.05, 0) is 116 Å². The van der Waals surface area contributed by atoms with E-state index in [9.17, 15) is 14.4 Å². The molecular weight excluding hydrogens is 949 g/mol. The van der Waals surface area contributed by atoms with Gasteiger partial charge < -0.3 is 14.2 Å². The number of hydrogen-bond donors (Lipinski definition) is 0. The molecule has 0 spiro atoms. The van der Waals surface area contributed by atoms with E-state index in [0.29, 0.717) is 19.3 Å². The molecule has 77 heavy (non-hydrogen) atoms. The van der Waals surface area contributed by atoms with Crippen LogP contribution < -0.4 is 0 Å². The fourth-order valence-electron chi connectivity index (χ4n) is 8.71. The molecule has 0 saturated heterocycles. The molecule has 0 aromatic heterocycles. The lowest BCUT2D eigenvalue weighted by atomic mass is 10.0. The van der Waals surface area contributed by atoms with Crippen LogP contribution in [0, 0.1) is 0 Å². The summed E-state index contributed by atoms with van der Waals surface area (Å²) in [5.41, 5.74) is 0. The molecule has 1 atom stereocenters. The molecule has 6 nitrogen and oxygen atoms in total. The fourth-order valence-corrected chi connectivity index (χ4v) is 8.71. The Morgan fingerprint density at radius 2 is 0.532 bits per heavy atom. The summed E-state index contributed by atoms with van der Waals surface area (Å²) in [6, 6.07) is 0. The van der Waals surface area contributed by atoms with Gasteiger partial charge in [0, 0.05) is 19.3 Å². The quantitative estimate of drug-likeness (QED) is 0.0261. The van der Waals surface area contributed by atoms with Gasteiger partial charge in [-0.2, -0.15) is 0 Å². The van der Waals surface area contributed by atoms with Gasteiger partial charge in [-0.25, -0.2) is 0 Å². The molecule has 0 aromatic rings. The highest BCUT2D eigenvalue weighted by atomic mass is 16.6. The Labute approximate surface area is 475 Å². The highest BCUT2D eigenvalue weighted by Gasteiger charge is 2.19. The summed E-state index contributed by atoms with van der Waals surface area (Å²) in [7, 11) is 0. The number of ether oxygens (including phenoxy) is 3. The first-order valence-corrected chi connectivity index (χ1v) is 32.0. The van der Waals surface area contributed by atoms with Crippen molar-refractivity contribution >= 4 is 17.9 Å². The Morgan fingerprint density at radius 1 is 0.273 bits per heavy atom. The minimum atomic E-state index is -0.830. The summed E-state index contributed by atoms with van der Waals surface area (Å²) in [6.45, 7) is 6.32. The van der Waals surface area contributed by atoms with Crippen molar-refractivity contribution in [3.8, 4) is 0 Å². The topological polar surface area (TPSA) is 78.9 Å². The largest absolute Gasteiger partial charge is 0.462 e. The van der Waals surface area contributed by atoms with Crippen LogP contribution in [0.4, 0.5) is 0 Å². The first-order chi connectivity index (χ1) is 38.0. The van der Waals surface area contributed by atoms with Crippen molar-refractivity contribution in [1.29, 1.82) is 0 Å². The Bertz CT molecular complexity index is 1600. The smallest absolute Gasteiger partial charge is 0.306 e. The predicted octanol–water partition coefficient (Wildman–Crippen LogP) is 22.0. The van der Waals surface area contributed by atoms with Crippen LogP contribution in [0.1, 0.15) is 290 Å². The van der Waals surface area contributed by atoms with E-state index in [2.05, 4.69) is 130 Å². The van der Waals surface area contributed by atoms with Crippen LogP contribution in [0.2, 0.25) is 0 Å². The van der Waals surface area contributed by atoms with E-state index < -0.39 is 12.1 Å². The Kier molecular flexibility index (Phi) is 60.8. The van der Waals surface area contributed by atoms with Crippen molar-refractivity contribution in [1.82, 2.24) is 0 Å². The van der Waals surface area contributed by atoms with Crippen LogP contribution in [-0.4, -0.2) is 37.2 Å². The lowest BCUT2D eigenvalue weighted by molar-refractivity contribution is -0.166. The first-order valence-electron chi connectivity index (χ1n) is 32.0. The van der Waals surface area contributed by atoms with E-state index >= 15 is 0 Å². The number of carbonyl (C=O) groups excluding carboxylic acids is 3. The molecule has 0 aliphatic rings. The average molecular weight is 1070 g/mol. The number of unbranched alkanes of at least 4 members (excludes halogenated alkanes) is 26. The van der Waals surface area contributed by atoms with E-state index in [1.165, 1.54) is 141 Å². The third-order valence-corrected chi connectivity index (χ3v) is 13.4. The van der Waals surface area contributed by atoms with Gasteiger partial charge in [0.15, 0.2) is 6.10 Å². The Balaban J connectivity index is 4.17. The van der Waals surface area contributed by atoms with Crippen molar-refractivity contribution < 1.29 is 28.6 Å². The molecule has 0 aromatic carbocycles. The van der Waals surface area contributed by atoms with Gasteiger partial charge in [0.05, 0.1) is 0 Å². The summed E-state index contributed by atoms with van der Waals surface area (Å²) in [6.07, 6.45) is 89.7. The third kappa shape index (κ3) is 62.5. The molecule has 6 heteroatoms. The van der Waals surface area contributed by atoms with Crippen molar-refractivity contribution in [3.05, 3.63) is 122 Å². The van der Waals surface area contributed by atoms with Crippen LogP contribution in [0.3, 0.4) is 0 Å². The molecule has 0 bridgehead atoms. The van der Waals surface area contributed by atoms with Crippen LogP contribution in [0.15, 0.2) is 122 Å². The van der Waals surface area contributed by atoms with E-state index in [1.54, 1.807) is 0 Å². The van der Waals surface area contributed by atoms with Crippen molar-refractivity contribution in [2.45, 2.75) is 297 Å². The fraction of sp³-hybridized carbons (Fsp3) is 0.676.